The fourth-order valence-electron chi connectivity index (χ4n) is 2.79. The Morgan fingerprint density at radius 3 is 1.64 bits per heavy atom. The molecule has 0 aliphatic heterocycles. The van der Waals surface area contributed by atoms with Crippen LogP contribution in [0, 0.1) is 5.41 Å². The van der Waals surface area contributed by atoms with Gasteiger partial charge in [0.15, 0.2) is 0 Å². The molecule has 0 radical (unpaired) electrons. The first-order chi connectivity index (χ1) is 6.54. The second-order valence-corrected chi connectivity index (χ2v) is 5.15. The molecule has 0 atom stereocenters. The highest BCUT2D eigenvalue weighted by Crippen LogP contribution is 2.40. The quantitative estimate of drug-likeness (QED) is 0.670. The molecule has 1 rings (SSSR count). The molecular formula is C12H26N2. The van der Waals surface area contributed by atoms with Crippen molar-refractivity contribution in [2.45, 2.75) is 70.9 Å². The Morgan fingerprint density at radius 2 is 1.29 bits per heavy atom. The molecule has 0 aromatic heterocycles. The minimum absolute atomic E-state index is 0.381. The van der Waals surface area contributed by atoms with E-state index < -0.39 is 0 Å². The van der Waals surface area contributed by atoms with Crippen LogP contribution < -0.4 is 11.5 Å². The van der Waals surface area contributed by atoms with Gasteiger partial charge in [-0.2, -0.15) is 0 Å². The largest absolute Gasteiger partial charge is 0.313 e. The Bertz CT molecular complexity index is 157. The van der Waals surface area contributed by atoms with Gasteiger partial charge in [-0.3, -0.25) is 0 Å². The zero-order valence-corrected chi connectivity index (χ0v) is 9.81. The maximum Gasteiger partial charge on any atom is 0.0636 e. The minimum Gasteiger partial charge on any atom is -0.313 e. The van der Waals surface area contributed by atoms with Gasteiger partial charge in [-0.05, 0) is 43.9 Å². The molecule has 14 heavy (non-hydrogen) atoms. The standard InChI is InChI=1S/C12H26N2/c1-3-11(4-2)7-5-9-12(13,14)10-6-8-11/h3-10,13-14H2,1-2H3. The molecular weight excluding hydrogens is 172 g/mol. The van der Waals surface area contributed by atoms with E-state index in [1.807, 2.05) is 0 Å². The van der Waals surface area contributed by atoms with E-state index in [9.17, 15) is 0 Å². The first-order valence-corrected chi connectivity index (χ1v) is 6.11. The third-order valence-electron chi connectivity index (χ3n) is 4.20. The van der Waals surface area contributed by atoms with Gasteiger partial charge in [0.2, 0.25) is 0 Å². The smallest absolute Gasteiger partial charge is 0.0636 e. The van der Waals surface area contributed by atoms with Crippen molar-refractivity contribution >= 4 is 0 Å². The van der Waals surface area contributed by atoms with E-state index in [2.05, 4.69) is 13.8 Å². The van der Waals surface area contributed by atoms with Gasteiger partial charge in [-0.15, -0.1) is 0 Å². The SMILES string of the molecule is CCC1(CC)CCCC(N)(N)CCC1. The fourth-order valence-corrected chi connectivity index (χ4v) is 2.79. The summed E-state index contributed by atoms with van der Waals surface area (Å²) < 4.78 is 0. The number of hydrogen-bond acceptors (Lipinski definition) is 2. The summed E-state index contributed by atoms with van der Waals surface area (Å²) in [6, 6.07) is 0. The van der Waals surface area contributed by atoms with Gasteiger partial charge in [-0.25, -0.2) is 0 Å². The topological polar surface area (TPSA) is 52.0 Å². The lowest BCUT2D eigenvalue weighted by molar-refractivity contribution is 0.166. The third-order valence-corrected chi connectivity index (χ3v) is 4.20. The van der Waals surface area contributed by atoms with Gasteiger partial charge in [0.1, 0.15) is 0 Å². The lowest BCUT2D eigenvalue weighted by atomic mass is 9.71. The molecule has 0 unspecified atom stereocenters. The molecule has 1 aliphatic rings. The van der Waals surface area contributed by atoms with E-state index in [4.69, 9.17) is 11.5 Å². The Labute approximate surface area is 88.4 Å². The van der Waals surface area contributed by atoms with Crippen molar-refractivity contribution in [1.29, 1.82) is 0 Å². The summed E-state index contributed by atoms with van der Waals surface area (Å²) in [5, 5.41) is 0. The third kappa shape index (κ3) is 2.96. The van der Waals surface area contributed by atoms with Crippen molar-refractivity contribution in [3.63, 3.8) is 0 Å². The summed E-state index contributed by atoms with van der Waals surface area (Å²) in [4.78, 5) is 0. The minimum atomic E-state index is -0.381. The predicted octanol–water partition coefficient (Wildman–Crippen LogP) is 2.76. The number of hydrogen-bond donors (Lipinski definition) is 2. The molecule has 2 heteroatoms. The zero-order chi connectivity index (χ0) is 10.7. The van der Waals surface area contributed by atoms with Gasteiger partial charge in [0.05, 0.1) is 5.66 Å². The second-order valence-electron chi connectivity index (χ2n) is 5.15. The van der Waals surface area contributed by atoms with Gasteiger partial charge < -0.3 is 11.5 Å². The van der Waals surface area contributed by atoms with Crippen molar-refractivity contribution in [1.82, 2.24) is 0 Å². The second kappa shape index (κ2) is 4.63. The van der Waals surface area contributed by atoms with E-state index in [0.717, 1.165) is 12.8 Å². The Hall–Kier alpha value is -0.0800. The van der Waals surface area contributed by atoms with Crippen LogP contribution in [0.3, 0.4) is 0 Å². The molecule has 0 bridgehead atoms. The maximum atomic E-state index is 6.00. The molecule has 4 N–H and O–H groups in total. The van der Waals surface area contributed by atoms with Gasteiger partial charge >= 0.3 is 0 Å². The van der Waals surface area contributed by atoms with Crippen LogP contribution >= 0.6 is 0 Å². The predicted molar refractivity (Wildman–Crippen MR) is 61.8 cm³/mol. The van der Waals surface area contributed by atoms with Crippen molar-refractivity contribution in [2.24, 2.45) is 16.9 Å². The van der Waals surface area contributed by atoms with Crippen LogP contribution in [0.5, 0.6) is 0 Å². The Kier molecular flexibility index (Phi) is 3.96. The van der Waals surface area contributed by atoms with E-state index in [0.29, 0.717) is 5.41 Å². The van der Waals surface area contributed by atoms with Crippen LogP contribution in [0.25, 0.3) is 0 Å². The Balaban J connectivity index is 2.55. The van der Waals surface area contributed by atoms with Crippen LogP contribution in [0.2, 0.25) is 0 Å². The van der Waals surface area contributed by atoms with E-state index in [1.54, 1.807) is 0 Å². The number of rotatable bonds is 2. The van der Waals surface area contributed by atoms with Crippen LogP contribution in [0.15, 0.2) is 0 Å². The normalized spacial score (nSPS) is 26.6. The summed E-state index contributed by atoms with van der Waals surface area (Å²) in [5.41, 5.74) is 12.2. The summed E-state index contributed by atoms with van der Waals surface area (Å²) >= 11 is 0. The molecule has 0 aromatic rings. The highest BCUT2D eigenvalue weighted by atomic mass is 14.9. The first-order valence-electron chi connectivity index (χ1n) is 6.11. The molecule has 2 nitrogen and oxygen atoms in total. The highest BCUT2D eigenvalue weighted by Gasteiger charge is 2.30. The lowest BCUT2D eigenvalue weighted by Crippen LogP contribution is -2.50. The zero-order valence-electron chi connectivity index (χ0n) is 9.81. The molecule has 84 valence electrons. The number of nitrogens with two attached hydrogens (primary N) is 2. The summed E-state index contributed by atoms with van der Waals surface area (Å²) in [6.45, 7) is 4.65. The van der Waals surface area contributed by atoms with Gasteiger partial charge in [-0.1, -0.05) is 26.7 Å². The van der Waals surface area contributed by atoms with Crippen LogP contribution in [-0.2, 0) is 0 Å². The average molecular weight is 198 g/mol. The Morgan fingerprint density at radius 1 is 0.857 bits per heavy atom. The first kappa shape index (κ1) is 12.0. The summed E-state index contributed by atoms with van der Waals surface area (Å²) in [7, 11) is 0. The summed E-state index contributed by atoms with van der Waals surface area (Å²) in [5.74, 6) is 0. The lowest BCUT2D eigenvalue weighted by Gasteiger charge is -2.37. The van der Waals surface area contributed by atoms with E-state index >= 15 is 0 Å². The molecule has 0 spiro atoms. The van der Waals surface area contributed by atoms with Crippen molar-refractivity contribution in [2.75, 3.05) is 0 Å². The van der Waals surface area contributed by atoms with Crippen LogP contribution in [0.4, 0.5) is 0 Å². The van der Waals surface area contributed by atoms with Crippen molar-refractivity contribution < 1.29 is 0 Å². The monoisotopic (exact) mass is 198 g/mol. The molecule has 0 amide bonds. The maximum absolute atomic E-state index is 6.00. The molecule has 1 saturated carbocycles. The molecule has 1 aliphatic carbocycles. The average Bonchev–Trinajstić information content (AvgIpc) is 2.12. The molecule has 0 saturated heterocycles. The van der Waals surface area contributed by atoms with E-state index in [-0.39, 0.29) is 5.66 Å². The van der Waals surface area contributed by atoms with Crippen molar-refractivity contribution in [3.8, 4) is 0 Å². The van der Waals surface area contributed by atoms with Crippen LogP contribution in [-0.4, -0.2) is 5.66 Å². The van der Waals surface area contributed by atoms with Gasteiger partial charge in [0, 0.05) is 0 Å². The van der Waals surface area contributed by atoms with Crippen molar-refractivity contribution in [3.05, 3.63) is 0 Å². The molecule has 1 fully saturated rings. The fraction of sp³-hybridized carbons (Fsp3) is 1.00. The van der Waals surface area contributed by atoms with E-state index in [1.165, 1.54) is 38.5 Å². The van der Waals surface area contributed by atoms with Gasteiger partial charge in [0.25, 0.3) is 0 Å². The molecule has 0 aromatic carbocycles. The highest BCUT2D eigenvalue weighted by molar-refractivity contribution is 4.85. The molecule has 0 heterocycles. The van der Waals surface area contributed by atoms with Crippen LogP contribution in [0.1, 0.15) is 65.2 Å². The summed E-state index contributed by atoms with van der Waals surface area (Å²) in [6.07, 6.45) is 9.65.